The SMILES string of the molecule is O=C(Cc1cccnc1)Nc1nccc2sccc12. The average Bonchev–Trinajstić information content (AvgIpc) is 2.89. The molecule has 1 amide bonds. The van der Waals surface area contributed by atoms with Gasteiger partial charge in [0.15, 0.2) is 0 Å². The first-order valence-electron chi connectivity index (χ1n) is 5.84. The van der Waals surface area contributed by atoms with Crippen LogP contribution < -0.4 is 5.32 Å². The van der Waals surface area contributed by atoms with E-state index in [2.05, 4.69) is 15.3 Å². The molecule has 0 fully saturated rings. The summed E-state index contributed by atoms with van der Waals surface area (Å²) in [5, 5.41) is 5.82. The maximum absolute atomic E-state index is 12.0. The number of hydrogen-bond donors (Lipinski definition) is 1. The van der Waals surface area contributed by atoms with Gasteiger partial charge in [0.1, 0.15) is 5.82 Å². The van der Waals surface area contributed by atoms with Gasteiger partial charge in [-0.2, -0.15) is 0 Å². The van der Waals surface area contributed by atoms with E-state index in [1.165, 1.54) is 0 Å². The molecule has 19 heavy (non-hydrogen) atoms. The topological polar surface area (TPSA) is 54.9 Å². The Balaban J connectivity index is 1.78. The lowest BCUT2D eigenvalue weighted by Crippen LogP contribution is -2.15. The minimum atomic E-state index is -0.0841. The second-order valence-electron chi connectivity index (χ2n) is 4.08. The van der Waals surface area contributed by atoms with Crippen molar-refractivity contribution in [3.05, 3.63) is 53.8 Å². The summed E-state index contributed by atoms with van der Waals surface area (Å²) in [5.41, 5.74) is 0.887. The number of pyridine rings is 2. The molecule has 4 nitrogen and oxygen atoms in total. The third kappa shape index (κ3) is 2.61. The van der Waals surface area contributed by atoms with Crippen molar-refractivity contribution in [2.24, 2.45) is 0 Å². The predicted octanol–water partition coefficient (Wildman–Crippen LogP) is 2.87. The van der Waals surface area contributed by atoms with E-state index in [9.17, 15) is 4.79 Å². The number of aromatic nitrogens is 2. The Morgan fingerprint density at radius 2 is 2.21 bits per heavy atom. The summed E-state index contributed by atoms with van der Waals surface area (Å²) >= 11 is 1.63. The smallest absolute Gasteiger partial charge is 0.230 e. The Bertz CT molecular complexity index is 709. The molecule has 0 bridgehead atoms. The van der Waals surface area contributed by atoms with E-state index in [1.54, 1.807) is 29.9 Å². The Morgan fingerprint density at radius 1 is 1.26 bits per heavy atom. The fourth-order valence-electron chi connectivity index (χ4n) is 1.86. The number of nitrogens with one attached hydrogen (secondary N) is 1. The summed E-state index contributed by atoms with van der Waals surface area (Å²) in [6.45, 7) is 0. The van der Waals surface area contributed by atoms with Crippen molar-refractivity contribution in [3.8, 4) is 0 Å². The van der Waals surface area contributed by atoms with Crippen LogP contribution in [-0.4, -0.2) is 15.9 Å². The molecule has 0 radical (unpaired) electrons. The average molecular weight is 269 g/mol. The first-order chi connectivity index (χ1) is 9.33. The summed E-state index contributed by atoms with van der Waals surface area (Å²) < 4.78 is 1.12. The molecule has 0 unspecified atom stereocenters. The van der Waals surface area contributed by atoms with Gasteiger partial charge in [-0.15, -0.1) is 11.3 Å². The van der Waals surface area contributed by atoms with Gasteiger partial charge in [-0.25, -0.2) is 4.98 Å². The first kappa shape index (κ1) is 11.8. The van der Waals surface area contributed by atoms with E-state index in [0.29, 0.717) is 12.2 Å². The molecule has 0 aromatic carbocycles. The Hall–Kier alpha value is -2.27. The van der Waals surface area contributed by atoms with Crippen LogP contribution in [0.4, 0.5) is 5.82 Å². The number of rotatable bonds is 3. The predicted molar refractivity (Wildman–Crippen MR) is 76.2 cm³/mol. The van der Waals surface area contributed by atoms with E-state index in [0.717, 1.165) is 15.6 Å². The Kier molecular flexibility index (Phi) is 3.20. The minimum absolute atomic E-state index is 0.0841. The van der Waals surface area contributed by atoms with Crippen LogP contribution in [0.15, 0.2) is 48.2 Å². The Labute approximate surface area is 114 Å². The summed E-state index contributed by atoms with van der Waals surface area (Å²) in [7, 11) is 0. The summed E-state index contributed by atoms with van der Waals surface area (Å²) in [6, 6.07) is 7.61. The van der Waals surface area contributed by atoms with Gasteiger partial charge in [0.25, 0.3) is 0 Å². The number of anilines is 1. The van der Waals surface area contributed by atoms with Crippen LogP contribution in [0.25, 0.3) is 10.1 Å². The van der Waals surface area contributed by atoms with Crippen molar-refractivity contribution in [1.82, 2.24) is 9.97 Å². The van der Waals surface area contributed by atoms with E-state index < -0.39 is 0 Å². The van der Waals surface area contributed by atoms with Gasteiger partial charge in [0.2, 0.25) is 5.91 Å². The van der Waals surface area contributed by atoms with Crippen molar-refractivity contribution >= 4 is 33.1 Å². The van der Waals surface area contributed by atoms with Crippen molar-refractivity contribution < 1.29 is 4.79 Å². The van der Waals surface area contributed by atoms with Gasteiger partial charge in [-0.05, 0) is 29.1 Å². The van der Waals surface area contributed by atoms with Gasteiger partial charge >= 0.3 is 0 Å². The van der Waals surface area contributed by atoms with Crippen LogP contribution in [0.5, 0.6) is 0 Å². The molecule has 0 saturated carbocycles. The molecule has 0 aliphatic carbocycles. The molecule has 3 aromatic rings. The normalized spacial score (nSPS) is 10.5. The maximum atomic E-state index is 12.0. The van der Waals surface area contributed by atoms with Crippen LogP contribution >= 0.6 is 11.3 Å². The van der Waals surface area contributed by atoms with Gasteiger partial charge in [0.05, 0.1) is 6.42 Å². The lowest BCUT2D eigenvalue weighted by Gasteiger charge is -2.05. The largest absolute Gasteiger partial charge is 0.310 e. The summed E-state index contributed by atoms with van der Waals surface area (Å²) in [5.74, 6) is 0.534. The fourth-order valence-corrected chi connectivity index (χ4v) is 2.64. The van der Waals surface area contributed by atoms with Crippen molar-refractivity contribution in [1.29, 1.82) is 0 Å². The summed E-state index contributed by atoms with van der Waals surface area (Å²) in [6.07, 6.45) is 5.39. The zero-order valence-electron chi connectivity index (χ0n) is 10.0. The second kappa shape index (κ2) is 5.16. The zero-order chi connectivity index (χ0) is 13.1. The van der Waals surface area contributed by atoms with Gasteiger partial charge in [-0.3, -0.25) is 9.78 Å². The van der Waals surface area contributed by atoms with E-state index in [-0.39, 0.29) is 5.91 Å². The molecule has 94 valence electrons. The molecule has 1 N–H and O–H groups in total. The van der Waals surface area contributed by atoms with E-state index >= 15 is 0 Å². The van der Waals surface area contributed by atoms with Crippen LogP contribution in [0.3, 0.4) is 0 Å². The number of hydrogen-bond acceptors (Lipinski definition) is 4. The van der Waals surface area contributed by atoms with E-state index in [4.69, 9.17) is 0 Å². The number of nitrogens with zero attached hydrogens (tertiary/aromatic N) is 2. The lowest BCUT2D eigenvalue weighted by atomic mass is 10.2. The Morgan fingerprint density at radius 3 is 3.05 bits per heavy atom. The van der Waals surface area contributed by atoms with Crippen molar-refractivity contribution in [2.45, 2.75) is 6.42 Å². The highest BCUT2D eigenvalue weighted by atomic mass is 32.1. The molecule has 0 spiro atoms. The fraction of sp³-hybridized carbons (Fsp3) is 0.0714. The molecule has 0 aliphatic heterocycles. The van der Waals surface area contributed by atoms with Crippen LogP contribution in [-0.2, 0) is 11.2 Å². The number of carbonyl (C=O) groups is 1. The van der Waals surface area contributed by atoms with Gasteiger partial charge < -0.3 is 5.32 Å². The standard InChI is InChI=1S/C14H11N3OS/c18-13(8-10-2-1-5-15-9-10)17-14-11-4-7-19-12(11)3-6-16-14/h1-7,9H,8H2,(H,16,17,18). The number of thiophene rings is 1. The molecular weight excluding hydrogens is 258 g/mol. The molecule has 0 atom stereocenters. The molecule has 0 saturated heterocycles. The van der Waals surface area contributed by atoms with Gasteiger partial charge in [-0.1, -0.05) is 6.07 Å². The van der Waals surface area contributed by atoms with Gasteiger partial charge in [0, 0.05) is 28.7 Å². The van der Waals surface area contributed by atoms with E-state index in [1.807, 2.05) is 29.6 Å². The van der Waals surface area contributed by atoms with Crippen LogP contribution in [0, 0.1) is 0 Å². The summed E-state index contributed by atoms with van der Waals surface area (Å²) in [4.78, 5) is 20.2. The van der Waals surface area contributed by atoms with Crippen LogP contribution in [0.2, 0.25) is 0 Å². The third-order valence-electron chi connectivity index (χ3n) is 2.73. The monoisotopic (exact) mass is 269 g/mol. The van der Waals surface area contributed by atoms with Crippen molar-refractivity contribution in [2.75, 3.05) is 5.32 Å². The third-order valence-corrected chi connectivity index (χ3v) is 3.61. The zero-order valence-corrected chi connectivity index (χ0v) is 10.9. The maximum Gasteiger partial charge on any atom is 0.230 e. The number of carbonyl (C=O) groups excluding carboxylic acids is 1. The highest BCUT2D eigenvalue weighted by Gasteiger charge is 2.08. The highest BCUT2D eigenvalue weighted by molar-refractivity contribution is 7.17. The number of fused-ring (bicyclic) bond motifs is 1. The highest BCUT2D eigenvalue weighted by Crippen LogP contribution is 2.25. The van der Waals surface area contributed by atoms with Crippen LogP contribution in [0.1, 0.15) is 5.56 Å². The molecule has 0 aliphatic rings. The molecule has 3 rings (SSSR count). The molecular formula is C14H11N3OS. The number of amides is 1. The quantitative estimate of drug-likeness (QED) is 0.795. The molecule has 3 heterocycles. The molecule has 3 aromatic heterocycles. The lowest BCUT2D eigenvalue weighted by molar-refractivity contribution is -0.115. The molecule has 5 heteroatoms. The first-order valence-corrected chi connectivity index (χ1v) is 6.72. The minimum Gasteiger partial charge on any atom is -0.310 e. The second-order valence-corrected chi connectivity index (χ2v) is 5.03. The van der Waals surface area contributed by atoms with Crippen molar-refractivity contribution in [3.63, 3.8) is 0 Å².